The number of amides is 1. The zero-order valence-corrected chi connectivity index (χ0v) is 15.4. The molecular formula is C18H21FN2O3S. The van der Waals surface area contributed by atoms with E-state index in [0.717, 1.165) is 0 Å². The van der Waals surface area contributed by atoms with E-state index in [0.29, 0.717) is 11.3 Å². The number of hydrogen-bond acceptors (Lipinski definition) is 3. The lowest BCUT2D eigenvalue weighted by Gasteiger charge is -2.21. The molecule has 0 aromatic heterocycles. The highest BCUT2D eigenvalue weighted by molar-refractivity contribution is 7.89. The number of benzene rings is 2. The number of carbonyl (C=O) groups excluding carboxylic acids is 1. The van der Waals surface area contributed by atoms with Gasteiger partial charge in [0.1, 0.15) is 5.82 Å². The van der Waals surface area contributed by atoms with E-state index in [4.69, 9.17) is 0 Å². The Bertz CT molecular complexity index is 895. The van der Waals surface area contributed by atoms with Gasteiger partial charge >= 0.3 is 0 Å². The minimum absolute atomic E-state index is 0.0483. The van der Waals surface area contributed by atoms with E-state index in [1.165, 1.54) is 53.8 Å². The molecule has 0 unspecified atom stereocenters. The van der Waals surface area contributed by atoms with Crippen LogP contribution in [0.1, 0.15) is 29.8 Å². The maximum Gasteiger partial charge on any atom is 0.255 e. The van der Waals surface area contributed by atoms with E-state index in [1.807, 2.05) is 0 Å². The van der Waals surface area contributed by atoms with Gasteiger partial charge < -0.3 is 5.32 Å². The average molecular weight is 364 g/mol. The quantitative estimate of drug-likeness (QED) is 0.884. The second kappa shape index (κ2) is 7.33. The van der Waals surface area contributed by atoms with Crippen molar-refractivity contribution in [1.82, 2.24) is 4.31 Å². The van der Waals surface area contributed by atoms with Gasteiger partial charge in [0.15, 0.2) is 0 Å². The van der Waals surface area contributed by atoms with E-state index >= 15 is 0 Å². The fourth-order valence-corrected chi connectivity index (χ4v) is 3.62. The van der Waals surface area contributed by atoms with Gasteiger partial charge in [0.2, 0.25) is 10.0 Å². The van der Waals surface area contributed by atoms with Crippen LogP contribution in [0.5, 0.6) is 0 Å². The molecule has 1 amide bonds. The third kappa shape index (κ3) is 4.24. The van der Waals surface area contributed by atoms with Crippen LogP contribution in [0.25, 0.3) is 0 Å². The zero-order valence-electron chi connectivity index (χ0n) is 14.6. The summed E-state index contributed by atoms with van der Waals surface area (Å²) in [6.07, 6.45) is 0. The molecule has 0 aliphatic heterocycles. The molecule has 0 spiro atoms. The fourth-order valence-electron chi connectivity index (χ4n) is 2.20. The van der Waals surface area contributed by atoms with Crippen LogP contribution in [0.3, 0.4) is 0 Å². The van der Waals surface area contributed by atoms with E-state index < -0.39 is 15.9 Å². The molecule has 2 aromatic carbocycles. The number of nitrogens with one attached hydrogen (secondary N) is 1. The molecule has 7 heteroatoms. The second-order valence-corrected chi connectivity index (χ2v) is 8.05. The molecule has 0 bridgehead atoms. The summed E-state index contributed by atoms with van der Waals surface area (Å²) >= 11 is 0. The predicted molar refractivity (Wildman–Crippen MR) is 95.6 cm³/mol. The molecule has 5 nitrogen and oxygen atoms in total. The normalized spacial score (nSPS) is 11.8. The van der Waals surface area contributed by atoms with Crippen molar-refractivity contribution < 1.29 is 17.6 Å². The van der Waals surface area contributed by atoms with Crippen molar-refractivity contribution in [1.29, 1.82) is 0 Å². The molecule has 0 saturated heterocycles. The Morgan fingerprint density at radius 1 is 1.16 bits per heavy atom. The summed E-state index contributed by atoms with van der Waals surface area (Å²) in [7, 11) is -2.18. The standard InChI is InChI=1S/C18H21FN2O3S/c1-12(2)21(4)25(23,24)16-7-5-6-14(11-16)18(22)20-17-9-8-15(19)10-13(17)3/h5-12H,1-4H3,(H,20,22). The fraction of sp³-hybridized carbons (Fsp3) is 0.278. The van der Waals surface area contributed by atoms with Gasteiger partial charge in [-0.15, -0.1) is 0 Å². The van der Waals surface area contributed by atoms with Crippen LogP contribution in [-0.4, -0.2) is 31.7 Å². The maximum atomic E-state index is 13.1. The highest BCUT2D eigenvalue weighted by atomic mass is 32.2. The number of hydrogen-bond donors (Lipinski definition) is 1. The molecule has 134 valence electrons. The SMILES string of the molecule is Cc1cc(F)ccc1NC(=O)c1cccc(S(=O)(=O)N(C)C(C)C)c1. The summed E-state index contributed by atoms with van der Waals surface area (Å²) in [5.41, 5.74) is 1.26. The summed E-state index contributed by atoms with van der Waals surface area (Å²) in [5, 5.41) is 2.67. The van der Waals surface area contributed by atoms with E-state index in [2.05, 4.69) is 5.32 Å². The van der Waals surface area contributed by atoms with Crippen molar-refractivity contribution in [3.05, 3.63) is 59.4 Å². The lowest BCUT2D eigenvalue weighted by molar-refractivity contribution is 0.102. The molecule has 0 aliphatic carbocycles. The molecule has 0 heterocycles. The van der Waals surface area contributed by atoms with Crippen LogP contribution in [0, 0.1) is 12.7 Å². The van der Waals surface area contributed by atoms with Crippen LogP contribution < -0.4 is 5.32 Å². The smallest absolute Gasteiger partial charge is 0.255 e. The minimum atomic E-state index is -3.68. The highest BCUT2D eigenvalue weighted by Gasteiger charge is 2.24. The number of anilines is 1. The first-order valence-corrected chi connectivity index (χ1v) is 9.22. The van der Waals surface area contributed by atoms with E-state index in [1.54, 1.807) is 20.8 Å². The zero-order chi connectivity index (χ0) is 18.8. The van der Waals surface area contributed by atoms with Crippen molar-refractivity contribution in [2.24, 2.45) is 0 Å². The van der Waals surface area contributed by atoms with Crippen LogP contribution >= 0.6 is 0 Å². The highest BCUT2D eigenvalue weighted by Crippen LogP contribution is 2.20. The topological polar surface area (TPSA) is 66.5 Å². The van der Waals surface area contributed by atoms with Gasteiger partial charge in [-0.1, -0.05) is 6.07 Å². The Labute approximate surface area is 147 Å². The Balaban J connectivity index is 2.30. The van der Waals surface area contributed by atoms with Gasteiger partial charge in [0.05, 0.1) is 4.90 Å². The largest absolute Gasteiger partial charge is 0.322 e. The maximum absolute atomic E-state index is 13.1. The molecule has 1 N–H and O–H groups in total. The Morgan fingerprint density at radius 2 is 1.84 bits per heavy atom. The third-order valence-electron chi connectivity index (χ3n) is 3.94. The first-order valence-electron chi connectivity index (χ1n) is 7.78. The second-order valence-electron chi connectivity index (χ2n) is 6.06. The Kier molecular flexibility index (Phi) is 5.59. The monoisotopic (exact) mass is 364 g/mol. The molecule has 0 aliphatic rings. The van der Waals surface area contributed by atoms with Gasteiger partial charge in [-0.25, -0.2) is 12.8 Å². The summed E-state index contributed by atoms with van der Waals surface area (Å²) < 4.78 is 39.5. The van der Waals surface area contributed by atoms with Crippen molar-refractivity contribution in [3.8, 4) is 0 Å². The lowest BCUT2D eigenvalue weighted by atomic mass is 10.1. The Hall–Kier alpha value is -2.25. The van der Waals surface area contributed by atoms with Crippen LogP contribution in [0.4, 0.5) is 10.1 Å². The van der Waals surface area contributed by atoms with Crippen LogP contribution in [0.2, 0.25) is 0 Å². The minimum Gasteiger partial charge on any atom is -0.322 e. The van der Waals surface area contributed by atoms with Crippen molar-refractivity contribution in [2.75, 3.05) is 12.4 Å². The molecule has 0 radical (unpaired) electrons. The third-order valence-corrected chi connectivity index (χ3v) is 5.97. The summed E-state index contributed by atoms with van der Waals surface area (Å²) in [6, 6.07) is 9.67. The number of rotatable bonds is 5. The van der Waals surface area contributed by atoms with E-state index in [-0.39, 0.29) is 22.3 Å². The van der Waals surface area contributed by atoms with Gasteiger partial charge in [0.25, 0.3) is 5.91 Å². The number of halogens is 1. The summed E-state index contributed by atoms with van der Waals surface area (Å²) in [4.78, 5) is 12.5. The molecule has 2 aromatic rings. The van der Waals surface area contributed by atoms with Crippen molar-refractivity contribution >= 4 is 21.6 Å². The molecular weight excluding hydrogens is 343 g/mol. The van der Waals surface area contributed by atoms with Crippen molar-refractivity contribution in [3.63, 3.8) is 0 Å². The van der Waals surface area contributed by atoms with Gasteiger partial charge in [-0.3, -0.25) is 4.79 Å². The first kappa shape index (κ1) is 19.1. The molecule has 0 fully saturated rings. The molecule has 2 rings (SSSR count). The lowest BCUT2D eigenvalue weighted by Crippen LogP contribution is -2.33. The molecule has 25 heavy (non-hydrogen) atoms. The molecule has 0 atom stereocenters. The van der Waals surface area contributed by atoms with Crippen LogP contribution in [0.15, 0.2) is 47.4 Å². The van der Waals surface area contributed by atoms with Gasteiger partial charge in [-0.2, -0.15) is 4.31 Å². The number of aryl methyl sites for hydroxylation is 1. The van der Waals surface area contributed by atoms with E-state index in [9.17, 15) is 17.6 Å². The Morgan fingerprint density at radius 3 is 2.44 bits per heavy atom. The number of carbonyl (C=O) groups is 1. The summed E-state index contributed by atoms with van der Waals surface area (Å²) in [5.74, 6) is -0.848. The number of nitrogens with zero attached hydrogens (tertiary/aromatic N) is 1. The first-order chi connectivity index (χ1) is 11.6. The predicted octanol–water partition coefficient (Wildman–Crippen LogP) is 3.42. The average Bonchev–Trinajstić information content (AvgIpc) is 2.56. The van der Waals surface area contributed by atoms with Gasteiger partial charge in [-0.05, 0) is 62.7 Å². The number of sulfonamides is 1. The molecule has 0 saturated carbocycles. The summed E-state index contributed by atoms with van der Waals surface area (Å²) in [6.45, 7) is 5.22. The van der Waals surface area contributed by atoms with Crippen LogP contribution in [-0.2, 0) is 10.0 Å². The van der Waals surface area contributed by atoms with Crippen molar-refractivity contribution in [2.45, 2.75) is 31.7 Å². The van der Waals surface area contributed by atoms with Gasteiger partial charge in [0, 0.05) is 24.3 Å².